The average Bonchev–Trinajstić information content (AvgIpc) is 3.35. The molecule has 7 nitrogen and oxygen atoms in total. The first-order valence-electron chi connectivity index (χ1n) is 12.4. The van der Waals surface area contributed by atoms with Crippen molar-refractivity contribution in [3.8, 4) is 17.0 Å². The van der Waals surface area contributed by atoms with E-state index in [-0.39, 0.29) is 11.9 Å². The zero-order valence-corrected chi connectivity index (χ0v) is 20.6. The van der Waals surface area contributed by atoms with E-state index in [0.29, 0.717) is 31.1 Å². The van der Waals surface area contributed by atoms with E-state index >= 15 is 0 Å². The van der Waals surface area contributed by atoms with Crippen molar-refractivity contribution < 1.29 is 19.1 Å². The molecule has 1 unspecified atom stereocenters. The maximum absolute atomic E-state index is 13.0. The molecular weight excluding hydrogens is 442 g/mol. The topological polar surface area (TPSA) is 73.7 Å². The highest BCUT2D eigenvalue weighted by molar-refractivity contribution is 5.88. The van der Waals surface area contributed by atoms with E-state index in [1.54, 1.807) is 13.8 Å². The van der Waals surface area contributed by atoms with Gasteiger partial charge in [0.25, 0.3) is 5.91 Å². The first kappa shape index (κ1) is 24.5. The van der Waals surface area contributed by atoms with E-state index in [9.17, 15) is 9.59 Å². The van der Waals surface area contributed by atoms with Crippen molar-refractivity contribution in [2.45, 2.75) is 52.2 Å². The Bertz CT molecular complexity index is 1130. The number of carbonyl (C=O) groups excluding carboxylic acids is 2. The number of nitrogens with zero attached hydrogens (tertiary/aromatic N) is 3. The third-order valence-electron chi connectivity index (χ3n) is 6.40. The van der Waals surface area contributed by atoms with Gasteiger partial charge in [-0.05, 0) is 62.4 Å². The summed E-state index contributed by atoms with van der Waals surface area (Å²) in [6.07, 6.45) is 1.90. The zero-order chi connectivity index (χ0) is 24.8. The lowest BCUT2D eigenvalue weighted by Crippen LogP contribution is -2.45. The largest absolute Gasteiger partial charge is 0.481 e. The Morgan fingerprint density at radius 2 is 1.71 bits per heavy atom. The number of para-hydroxylation sites is 1. The van der Waals surface area contributed by atoms with Crippen LogP contribution in [0.3, 0.4) is 0 Å². The Morgan fingerprint density at radius 1 is 1.03 bits per heavy atom. The van der Waals surface area contributed by atoms with Crippen LogP contribution >= 0.6 is 0 Å². The van der Waals surface area contributed by atoms with Gasteiger partial charge in [-0.25, -0.2) is 4.79 Å². The van der Waals surface area contributed by atoms with E-state index in [0.717, 1.165) is 30.5 Å². The summed E-state index contributed by atoms with van der Waals surface area (Å²) in [5, 5.41) is 4.65. The second-order valence-corrected chi connectivity index (χ2v) is 8.76. The second-order valence-electron chi connectivity index (χ2n) is 8.76. The molecule has 0 N–H and O–H groups in total. The summed E-state index contributed by atoms with van der Waals surface area (Å²) in [6, 6.07) is 19.6. The van der Waals surface area contributed by atoms with Gasteiger partial charge in [0.1, 0.15) is 5.75 Å². The van der Waals surface area contributed by atoms with Gasteiger partial charge >= 0.3 is 5.97 Å². The highest BCUT2D eigenvalue weighted by Crippen LogP contribution is 2.30. The van der Waals surface area contributed by atoms with E-state index in [4.69, 9.17) is 9.47 Å². The highest BCUT2D eigenvalue weighted by Gasteiger charge is 2.30. The molecule has 7 heteroatoms. The Hall–Kier alpha value is -3.61. The summed E-state index contributed by atoms with van der Waals surface area (Å²) in [6.45, 7) is 7.21. The molecule has 0 saturated carbocycles. The SMILES string of the molecule is CCOC(=O)c1cc(-c2ccc(CC)cc2)n(C2CCN(C(=O)C(C)Oc3ccccc3)CC2)n1. The standard InChI is InChI=1S/C28H33N3O4/c1-4-21-11-13-22(14-12-21)26-19-25(28(33)34-5-2)29-31(26)23-15-17-30(18-16-23)27(32)20(3)35-24-9-7-6-8-10-24/h6-14,19-20,23H,4-5,15-18H2,1-3H3. The van der Waals surface area contributed by atoms with Crippen LogP contribution in [0, 0.1) is 0 Å². The summed E-state index contributed by atoms with van der Waals surface area (Å²) in [7, 11) is 0. The number of rotatable bonds is 8. The fraction of sp³-hybridized carbons (Fsp3) is 0.393. The minimum absolute atomic E-state index is 0.0182. The number of likely N-dealkylation sites (tertiary alicyclic amines) is 1. The monoisotopic (exact) mass is 475 g/mol. The smallest absolute Gasteiger partial charge is 0.358 e. The zero-order valence-electron chi connectivity index (χ0n) is 20.6. The van der Waals surface area contributed by atoms with Gasteiger partial charge in [-0.2, -0.15) is 5.10 Å². The molecule has 2 heterocycles. The van der Waals surface area contributed by atoms with Crippen molar-refractivity contribution in [3.63, 3.8) is 0 Å². The number of ether oxygens (including phenoxy) is 2. The predicted octanol–water partition coefficient (Wildman–Crippen LogP) is 4.92. The van der Waals surface area contributed by atoms with Crippen LogP contribution < -0.4 is 4.74 Å². The van der Waals surface area contributed by atoms with E-state index in [1.165, 1.54) is 5.56 Å². The number of esters is 1. The second kappa shape index (κ2) is 11.2. The molecule has 0 bridgehead atoms. The number of amides is 1. The van der Waals surface area contributed by atoms with Gasteiger partial charge in [0.05, 0.1) is 18.3 Å². The number of hydrogen-bond acceptors (Lipinski definition) is 5. The molecule has 1 aliphatic rings. The first-order chi connectivity index (χ1) is 17.0. The van der Waals surface area contributed by atoms with Gasteiger partial charge in [-0.1, -0.05) is 49.4 Å². The van der Waals surface area contributed by atoms with Crippen molar-refractivity contribution in [1.29, 1.82) is 0 Å². The molecule has 1 aliphatic heterocycles. The number of hydrogen-bond donors (Lipinski definition) is 0. The van der Waals surface area contributed by atoms with Gasteiger partial charge in [-0.15, -0.1) is 0 Å². The normalized spacial score (nSPS) is 15.0. The summed E-state index contributed by atoms with van der Waals surface area (Å²) in [5.74, 6) is 0.248. The fourth-order valence-electron chi connectivity index (χ4n) is 4.45. The third-order valence-corrected chi connectivity index (χ3v) is 6.40. The Kier molecular flexibility index (Phi) is 7.85. The van der Waals surface area contributed by atoms with Crippen LogP contribution in [0.2, 0.25) is 0 Å². The van der Waals surface area contributed by atoms with Gasteiger partial charge in [0.2, 0.25) is 0 Å². The number of carbonyl (C=O) groups is 2. The van der Waals surface area contributed by atoms with Crippen LogP contribution in [0.25, 0.3) is 11.3 Å². The van der Waals surface area contributed by atoms with Crippen LogP contribution in [0.4, 0.5) is 0 Å². The van der Waals surface area contributed by atoms with Crippen LogP contribution in [0.5, 0.6) is 5.75 Å². The molecule has 1 fully saturated rings. The number of benzene rings is 2. The predicted molar refractivity (Wildman–Crippen MR) is 134 cm³/mol. The molecule has 0 aliphatic carbocycles. The summed E-state index contributed by atoms with van der Waals surface area (Å²) in [5.41, 5.74) is 3.46. The van der Waals surface area contributed by atoms with Gasteiger partial charge in [0, 0.05) is 13.1 Å². The van der Waals surface area contributed by atoms with E-state index in [2.05, 4.69) is 36.3 Å². The molecule has 35 heavy (non-hydrogen) atoms. The maximum atomic E-state index is 13.0. The minimum Gasteiger partial charge on any atom is -0.481 e. The molecule has 1 saturated heterocycles. The lowest BCUT2D eigenvalue weighted by molar-refractivity contribution is -0.139. The lowest BCUT2D eigenvalue weighted by Gasteiger charge is -2.34. The maximum Gasteiger partial charge on any atom is 0.358 e. The molecule has 1 amide bonds. The Labute approximate surface area is 206 Å². The quantitative estimate of drug-likeness (QED) is 0.433. The van der Waals surface area contributed by atoms with Crippen molar-refractivity contribution >= 4 is 11.9 Å². The first-order valence-corrected chi connectivity index (χ1v) is 12.4. The van der Waals surface area contributed by atoms with E-state index in [1.807, 2.05) is 46.0 Å². The summed E-state index contributed by atoms with van der Waals surface area (Å²) >= 11 is 0. The van der Waals surface area contributed by atoms with Crippen molar-refractivity contribution in [2.24, 2.45) is 0 Å². The summed E-state index contributed by atoms with van der Waals surface area (Å²) in [4.78, 5) is 27.3. The van der Waals surface area contributed by atoms with Crippen LogP contribution in [-0.4, -0.2) is 52.4 Å². The molecular formula is C28H33N3O4. The van der Waals surface area contributed by atoms with Crippen molar-refractivity contribution in [3.05, 3.63) is 71.9 Å². The fourth-order valence-corrected chi connectivity index (χ4v) is 4.45. The molecule has 1 atom stereocenters. The molecule has 0 radical (unpaired) electrons. The number of aryl methyl sites for hydroxylation is 1. The average molecular weight is 476 g/mol. The highest BCUT2D eigenvalue weighted by atomic mass is 16.5. The molecule has 1 aromatic heterocycles. The Balaban J connectivity index is 1.48. The third kappa shape index (κ3) is 5.73. The molecule has 3 aromatic rings. The molecule has 184 valence electrons. The van der Waals surface area contributed by atoms with Crippen LogP contribution in [-0.2, 0) is 16.0 Å². The van der Waals surface area contributed by atoms with Gasteiger partial charge in [0.15, 0.2) is 11.8 Å². The summed E-state index contributed by atoms with van der Waals surface area (Å²) < 4.78 is 13.0. The van der Waals surface area contributed by atoms with Crippen molar-refractivity contribution in [1.82, 2.24) is 14.7 Å². The van der Waals surface area contributed by atoms with Gasteiger partial charge in [-0.3, -0.25) is 9.48 Å². The van der Waals surface area contributed by atoms with E-state index < -0.39 is 12.1 Å². The Morgan fingerprint density at radius 3 is 2.34 bits per heavy atom. The number of aromatic nitrogens is 2. The molecule has 4 rings (SSSR count). The number of piperidine rings is 1. The van der Waals surface area contributed by atoms with Crippen LogP contribution in [0.1, 0.15) is 55.7 Å². The molecule has 0 spiro atoms. The van der Waals surface area contributed by atoms with Gasteiger partial charge < -0.3 is 14.4 Å². The van der Waals surface area contributed by atoms with Crippen molar-refractivity contribution in [2.75, 3.05) is 19.7 Å². The van der Waals surface area contributed by atoms with Crippen LogP contribution in [0.15, 0.2) is 60.7 Å². The molecule has 2 aromatic carbocycles. The lowest BCUT2D eigenvalue weighted by atomic mass is 10.0. The minimum atomic E-state index is -0.554.